The number of hydrogen-bond acceptors (Lipinski definition) is 5. The van der Waals surface area contributed by atoms with Crippen molar-refractivity contribution in [2.45, 2.75) is 12.8 Å². The Hall–Kier alpha value is -3.36. The standard InChI is InChI=1S/C24H20BrClN2O5/c25-16-1-5-18(6-2-16)28-23(30)15-32-24(31)14-13-22(29)27-19-7-11-21(12-8-19)33-20-9-3-17(26)4-10-20/h1-12H,13-15H2,(H,27,29)(H,28,30). The second kappa shape index (κ2) is 12.0. The third kappa shape index (κ3) is 8.59. The molecule has 0 saturated carbocycles. The van der Waals surface area contributed by atoms with E-state index >= 15 is 0 Å². The summed E-state index contributed by atoms with van der Waals surface area (Å²) in [6.07, 6.45) is -0.217. The fourth-order valence-corrected chi connectivity index (χ4v) is 3.02. The third-order valence-electron chi connectivity index (χ3n) is 4.24. The summed E-state index contributed by atoms with van der Waals surface area (Å²) in [6, 6.07) is 20.7. The number of ether oxygens (including phenoxy) is 2. The Labute approximate surface area is 204 Å². The highest BCUT2D eigenvalue weighted by Gasteiger charge is 2.11. The number of carbonyl (C=O) groups excluding carboxylic acids is 3. The van der Waals surface area contributed by atoms with Gasteiger partial charge in [-0.3, -0.25) is 14.4 Å². The molecule has 2 amide bonds. The minimum Gasteiger partial charge on any atom is -0.457 e. The van der Waals surface area contributed by atoms with Crippen LogP contribution in [0.1, 0.15) is 12.8 Å². The van der Waals surface area contributed by atoms with Crippen LogP contribution in [-0.2, 0) is 19.1 Å². The molecule has 3 aromatic carbocycles. The van der Waals surface area contributed by atoms with Gasteiger partial charge in [-0.2, -0.15) is 0 Å². The maximum Gasteiger partial charge on any atom is 0.306 e. The Morgan fingerprint density at radius 3 is 1.85 bits per heavy atom. The minimum atomic E-state index is -0.636. The van der Waals surface area contributed by atoms with E-state index in [2.05, 4.69) is 26.6 Å². The van der Waals surface area contributed by atoms with Crippen LogP contribution >= 0.6 is 27.5 Å². The van der Waals surface area contributed by atoms with E-state index in [9.17, 15) is 14.4 Å². The third-order valence-corrected chi connectivity index (χ3v) is 5.02. The number of nitrogens with one attached hydrogen (secondary N) is 2. The largest absolute Gasteiger partial charge is 0.457 e. The lowest BCUT2D eigenvalue weighted by atomic mass is 10.2. The van der Waals surface area contributed by atoms with E-state index in [-0.39, 0.29) is 18.7 Å². The molecule has 3 aromatic rings. The van der Waals surface area contributed by atoms with Gasteiger partial charge in [-0.1, -0.05) is 27.5 Å². The zero-order valence-electron chi connectivity index (χ0n) is 17.3. The summed E-state index contributed by atoms with van der Waals surface area (Å²) in [6.45, 7) is -0.425. The van der Waals surface area contributed by atoms with Crippen LogP contribution in [0.4, 0.5) is 11.4 Å². The molecule has 170 valence electrons. The number of benzene rings is 3. The maximum absolute atomic E-state index is 12.1. The number of hydrogen-bond donors (Lipinski definition) is 2. The van der Waals surface area contributed by atoms with E-state index in [1.165, 1.54) is 0 Å². The van der Waals surface area contributed by atoms with Crippen LogP contribution in [0.25, 0.3) is 0 Å². The quantitative estimate of drug-likeness (QED) is 0.341. The predicted molar refractivity (Wildman–Crippen MR) is 130 cm³/mol. The summed E-state index contributed by atoms with van der Waals surface area (Å²) in [5.74, 6) is -0.211. The first-order valence-electron chi connectivity index (χ1n) is 9.92. The number of carbonyl (C=O) groups is 3. The molecule has 0 radical (unpaired) electrons. The van der Waals surface area contributed by atoms with E-state index in [0.717, 1.165) is 4.47 Å². The summed E-state index contributed by atoms with van der Waals surface area (Å²) in [5, 5.41) is 5.93. The van der Waals surface area contributed by atoms with Crippen molar-refractivity contribution in [2.75, 3.05) is 17.2 Å². The molecule has 0 atom stereocenters. The first-order chi connectivity index (χ1) is 15.9. The number of halogens is 2. The number of rotatable bonds is 9. The van der Waals surface area contributed by atoms with Crippen molar-refractivity contribution < 1.29 is 23.9 Å². The zero-order valence-corrected chi connectivity index (χ0v) is 19.7. The fourth-order valence-electron chi connectivity index (χ4n) is 2.63. The first kappa shape index (κ1) is 24.3. The SMILES string of the molecule is O=C(CCC(=O)OCC(=O)Nc1ccc(Br)cc1)Nc1ccc(Oc2ccc(Cl)cc2)cc1. The van der Waals surface area contributed by atoms with Crippen molar-refractivity contribution in [3.05, 3.63) is 82.3 Å². The normalized spacial score (nSPS) is 10.2. The van der Waals surface area contributed by atoms with Crippen LogP contribution < -0.4 is 15.4 Å². The molecule has 0 bridgehead atoms. The van der Waals surface area contributed by atoms with Gasteiger partial charge in [0.15, 0.2) is 6.61 Å². The van der Waals surface area contributed by atoms with Gasteiger partial charge in [0.1, 0.15) is 11.5 Å². The van der Waals surface area contributed by atoms with Crippen LogP contribution in [0.2, 0.25) is 5.02 Å². The summed E-state index contributed by atoms with van der Waals surface area (Å²) >= 11 is 9.16. The highest BCUT2D eigenvalue weighted by atomic mass is 79.9. The van der Waals surface area contributed by atoms with Crippen LogP contribution in [-0.4, -0.2) is 24.4 Å². The molecule has 0 fully saturated rings. The minimum absolute atomic E-state index is 0.0732. The smallest absolute Gasteiger partial charge is 0.306 e. The fraction of sp³-hybridized carbons (Fsp3) is 0.125. The Balaban J connectivity index is 1.36. The average Bonchev–Trinajstić information content (AvgIpc) is 2.80. The molecule has 33 heavy (non-hydrogen) atoms. The molecule has 0 saturated heterocycles. The Morgan fingerprint density at radius 2 is 1.24 bits per heavy atom. The molecule has 7 nitrogen and oxygen atoms in total. The summed E-state index contributed by atoms with van der Waals surface area (Å²) in [5.41, 5.74) is 1.15. The lowest BCUT2D eigenvalue weighted by Gasteiger charge is -2.09. The van der Waals surface area contributed by atoms with Gasteiger partial charge in [0.2, 0.25) is 5.91 Å². The molecule has 0 heterocycles. The first-order valence-corrected chi connectivity index (χ1v) is 11.1. The molecular formula is C24H20BrClN2O5. The summed E-state index contributed by atoms with van der Waals surface area (Å²) in [4.78, 5) is 35.8. The molecule has 0 aliphatic heterocycles. The van der Waals surface area contributed by atoms with Crippen LogP contribution in [0.5, 0.6) is 11.5 Å². The van der Waals surface area contributed by atoms with Crippen LogP contribution in [0, 0.1) is 0 Å². The van der Waals surface area contributed by atoms with E-state index in [4.69, 9.17) is 21.1 Å². The molecule has 0 aliphatic rings. The highest BCUT2D eigenvalue weighted by molar-refractivity contribution is 9.10. The summed E-state index contributed by atoms with van der Waals surface area (Å²) < 4.78 is 11.5. The van der Waals surface area contributed by atoms with Crippen LogP contribution in [0.15, 0.2) is 77.3 Å². The van der Waals surface area contributed by atoms with Crippen molar-refractivity contribution in [1.29, 1.82) is 0 Å². The number of esters is 1. The van der Waals surface area contributed by atoms with Crippen molar-refractivity contribution >= 4 is 56.7 Å². The molecule has 0 unspecified atom stereocenters. The van der Waals surface area contributed by atoms with Crippen LogP contribution in [0.3, 0.4) is 0 Å². The van der Waals surface area contributed by atoms with Gasteiger partial charge in [0.05, 0.1) is 6.42 Å². The average molecular weight is 532 g/mol. The van der Waals surface area contributed by atoms with Gasteiger partial charge in [-0.05, 0) is 72.8 Å². The second-order valence-electron chi connectivity index (χ2n) is 6.84. The van der Waals surface area contributed by atoms with Gasteiger partial charge in [0.25, 0.3) is 5.91 Å². The lowest BCUT2D eigenvalue weighted by molar-refractivity contribution is -0.147. The molecule has 3 rings (SSSR count). The van der Waals surface area contributed by atoms with E-state index in [0.29, 0.717) is 27.9 Å². The van der Waals surface area contributed by atoms with E-state index in [1.807, 2.05) is 0 Å². The zero-order chi connectivity index (χ0) is 23.6. The van der Waals surface area contributed by atoms with Gasteiger partial charge < -0.3 is 20.1 Å². The number of amides is 2. The second-order valence-corrected chi connectivity index (χ2v) is 8.20. The Kier molecular flexibility index (Phi) is 8.86. The van der Waals surface area contributed by atoms with Gasteiger partial charge in [-0.15, -0.1) is 0 Å². The highest BCUT2D eigenvalue weighted by Crippen LogP contribution is 2.24. The van der Waals surface area contributed by atoms with Gasteiger partial charge in [0, 0.05) is 27.3 Å². The topological polar surface area (TPSA) is 93.7 Å². The van der Waals surface area contributed by atoms with Crippen molar-refractivity contribution in [1.82, 2.24) is 0 Å². The van der Waals surface area contributed by atoms with Crippen molar-refractivity contribution in [3.63, 3.8) is 0 Å². The van der Waals surface area contributed by atoms with Crippen molar-refractivity contribution in [3.8, 4) is 11.5 Å². The predicted octanol–water partition coefficient (Wildman–Crippen LogP) is 5.80. The molecule has 2 N–H and O–H groups in total. The lowest BCUT2D eigenvalue weighted by Crippen LogP contribution is -2.21. The maximum atomic E-state index is 12.1. The summed E-state index contributed by atoms with van der Waals surface area (Å²) in [7, 11) is 0. The molecule has 0 spiro atoms. The van der Waals surface area contributed by atoms with E-state index < -0.39 is 18.5 Å². The molecular weight excluding hydrogens is 512 g/mol. The van der Waals surface area contributed by atoms with Gasteiger partial charge in [-0.25, -0.2) is 0 Å². The number of anilines is 2. The Bertz CT molecular complexity index is 1100. The van der Waals surface area contributed by atoms with E-state index in [1.54, 1.807) is 72.8 Å². The van der Waals surface area contributed by atoms with Crippen molar-refractivity contribution in [2.24, 2.45) is 0 Å². The molecule has 0 aliphatic carbocycles. The Morgan fingerprint density at radius 1 is 0.727 bits per heavy atom. The van der Waals surface area contributed by atoms with Gasteiger partial charge >= 0.3 is 5.97 Å². The molecule has 9 heteroatoms. The molecule has 0 aromatic heterocycles. The monoisotopic (exact) mass is 530 g/mol.